The number of carbonyl (C=O) groups is 1. The van der Waals surface area contributed by atoms with Crippen molar-refractivity contribution in [1.29, 1.82) is 0 Å². The molecule has 0 spiro atoms. The van der Waals surface area contributed by atoms with Gasteiger partial charge in [0.1, 0.15) is 11.4 Å². The molecule has 5 rings (SSSR count). The molecule has 1 amide bonds. The van der Waals surface area contributed by atoms with Crippen LogP contribution in [0.2, 0.25) is 0 Å². The second-order valence-corrected chi connectivity index (χ2v) is 8.13. The van der Waals surface area contributed by atoms with Gasteiger partial charge in [0.25, 0.3) is 0 Å². The highest BCUT2D eigenvalue weighted by molar-refractivity contribution is 5.83. The molecule has 4 heteroatoms. The van der Waals surface area contributed by atoms with Gasteiger partial charge in [0.2, 0.25) is 5.91 Å². The van der Waals surface area contributed by atoms with Crippen molar-refractivity contribution in [2.75, 3.05) is 6.54 Å². The summed E-state index contributed by atoms with van der Waals surface area (Å²) in [6.07, 6.45) is 8.68. The second kappa shape index (κ2) is 4.85. The van der Waals surface area contributed by atoms with E-state index in [1.165, 1.54) is 19.3 Å². The number of aliphatic hydroxyl groups is 1. The van der Waals surface area contributed by atoms with Crippen LogP contribution in [-0.2, 0) is 10.4 Å². The van der Waals surface area contributed by atoms with Gasteiger partial charge in [-0.3, -0.25) is 4.79 Å². The molecule has 4 bridgehead atoms. The van der Waals surface area contributed by atoms with Crippen LogP contribution in [0.25, 0.3) is 0 Å². The number of rotatable bonds is 4. The van der Waals surface area contributed by atoms with Crippen LogP contribution in [0.4, 0.5) is 0 Å². The van der Waals surface area contributed by atoms with Crippen molar-refractivity contribution < 1.29 is 14.3 Å². The number of nitrogens with one attached hydrogen (secondary N) is 1. The summed E-state index contributed by atoms with van der Waals surface area (Å²) in [4.78, 5) is 12.9. The summed E-state index contributed by atoms with van der Waals surface area (Å²) in [5, 5.41) is 13.5. The maximum Gasteiger partial charge on any atom is 0.226 e. The van der Waals surface area contributed by atoms with Gasteiger partial charge in [0.05, 0.1) is 12.8 Å². The van der Waals surface area contributed by atoms with Crippen LogP contribution in [0.15, 0.2) is 22.8 Å². The molecule has 4 fully saturated rings. The third-order valence-corrected chi connectivity index (χ3v) is 6.17. The highest BCUT2D eigenvalue weighted by atomic mass is 16.4. The maximum atomic E-state index is 12.9. The van der Waals surface area contributed by atoms with Gasteiger partial charge in [-0.2, -0.15) is 0 Å². The molecular weight excluding hydrogens is 278 g/mol. The topological polar surface area (TPSA) is 62.5 Å². The highest BCUT2D eigenvalue weighted by Gasteiger charge is 2.54. The van der Waals surface area contributed by atoms with Gasteiger partial charge in [-0.15, -0.1) is 0 Å². The largest absolute Gasteiger partial charge is 0.466 e. The number of carbonyl (C=O) groups excluding carboxylic acids is 1. The molecule has 1 aromatic heterocycles. The van der Waals surface area contributed by atoms with Crippen LogP contribution in [0.3, 0.4) is 0 Å². The third kappa shape index (κ3) is 2.28. The van der Waals surface area contributed by atoms with Gasteiger partial charge < -0.3 is 14.8 Å². The van der Waals surface area contributed by atoms with Crippen molar-refractivity contribution >= 4 is 5.91 Å². The van der Waals surface area contributed by atoms with Gasteiger partial charge in [0, 0.05) is 5.41 Å². The molecule has 1 atom stereocenters. The zero-order chi connectivity index (χ0) is 15.4. The lowest BCUT2D eigenvalue weighted by Gasteiger charge is -2.55. The van der Waals surface area contributed by atoms with E-state index in [0.29, 0.717) is 5.76 Å². The highest BCUT2D eigenvalue weighted by Crippen LogP contribution is 2.60. The lowest BCUT2D eigenvalue weighted by Crippen LogP contribution is -2.55. The minimum Gasteiger partial charge on any atom is -0.466 e. The Labute approximate surface area is 131 Å². The molecule has 0 aromatic carbocycles. The Bertz CT molecular complexity index is 526. The molecule has 1 unspecified atom stereocenters. The predicted molar refractivity (Wildman–Crippen MR) is 81.9 cm³/mol. The summed E-state index contributed by atoms with van der Waals surface area (Å²) in [5.41, 5.74) is -1.31. The normalized spacial score (nSPS) is 38.7. The Morgan fingerprint density at radius 3 is 2.41 bits per heavy atom. The van der Waals surface area contributed by atoms with E-state index in [4.69, 9.17) is 4.42 Å². The molecule has 0 saturated heterocycles. The third-order valence-electron chi connectivity index (χ3n) is 6.17. The van der Waals surface area contributed by atoms with Crippen molar-refractivity contribution in [2.24, 2.45) is 23.2 Å². The van der Waals surface area contributed by atoms with Gasteiger partial charge in [0.15, 0.2) is 0 Å². The molecule has 4 saturated carbocycles. The molecular formula is C18H25NO3. The fourth-order valence-corrected chi connectivity index (χ4v) is 5.50. The molecule has 0 aliphatic heterocycles. The maximum absolute atomic E-state index is 12.9. The monoisotopic (exact) mass is 303 g/mol. The fraction of sp³-hybridized carbons (Fsp3) is 0.722. The Morgan fingerprint density at radius 1 is 1.32 bits per heavy atom. The molecule has 120 valence electrons. The Hall–Kier alpha value is -1.29. The molecule has 4 nitrogen and oxygen atoms in total. The van der Waals surface area contributed by atoms with Crippen molar-refractivity contribution in [3.8, 4) is 0 Å². The summed E-state index contributed by atoms with van der Waals surface area (Å²) in [5.74, 6) is 2.91. The summed E-state index contributed by atoms with van der Waals surface area (Å²) in [7, 11) is 0. The number of hydrogen-bond acceptors (Lipinski definition) is 3. The summed E-state index contributed by atoms with van der Waals surface area (Å²) < 4.78 is 5.28. The lowest BCUT2D eigenvalue weighted by molar-refractivity contribution is -0.147. The summed E-state index contributed by atoms with van der Waals surface area (Å²) in [6.45, 7) is 1.90. The molecule has 4 aliphatic carbocycles. The number of hydrogen-bond donors (Lipinski definition) is 2. The minimum atomic E-state index is -1.15. The summed E-state index contributed by atoms with van der Waals surface area (Å²) >= 11 is 0. The van der Waals surface area contributed by atoms with Gasteiger partial charge in [-0.25, -0.2) is 0 Å². The van der Waals surface area contributed by atoms with E-state index in [9.17, 15) is 9.90 Å². The van der Waals surface area contributed by atoms with E-state index in [0.717, 1.165) is 37.0 Å². The molecule has 22 heavy (non-hydrogen) atoms. The standard InChI is InChI=1S/C18H25NO3/c1-17(21,15-3-2-4-22-15)11-19-16(20)18-8-12-5-13(9-18)7-14(6-12)10-18/h2-4,12-14,21H,5-11H2,1H3,(H,19,20). The lowest BCUT2D eigenvalue weighted by atomic mass is 9.49. The first-order valence-electron chi connectivity index (χ1n) is 8.51. The van der Waals surface area contributed by atoms with Crippen molar-refractivity contribution in [2.45, 2.75) is 51.0 Å². The first-order chi connectivity index (χ1) is 10.5. The van der Waals surface area contributed by atoms with E-state index >= 15 is 0 Å². The van der Waals surface area contributed by atoms with Crippen LogP contribution in [0, 0.1) is 23.2 Å². The van der Waals surface area contributed by atoms with Gasteiger partial charge >= 0.3 is 0 Å². The van der Waals surface area contributed by atoms with Crippen molar-refractivity contribution in [3.63, 3.8) is 0 Å². The van der Waals surface area contributed by atoms with Gasteiger partial charge in [-0.05, 0) is 75.3 Å². The fourth-order valence-electron chi connectivity index (χ4n) is 5.50. The summed E-state index contributed by atoms with van der Waals surface area (Å²) in [6, 6.07) is 3.50. The van der Waals surface area contributed by atoms with E-state index in [1.807, 2.05) is 0 Å². The first kappa shape index (κ1) is 14.3. The second-order valence-electron chi connectivity index (χ2n) is 8.13. The molecule has 4 aliphatic rings. The predicted octanol–water partition coefficient (Wildman–Crippen LogP) is 2.82. The van der Waals surface area contributed by atoms with Crippen LogP contribution in [0.1, 0.15) is 51.2 Å². The average Bonchev–Trinajstić information content (AvgIpc) is 2.98. The van der Waals surface area contributed by atoms with Crippen LogP contribution >= 0.6 is 0 Å². The van der Waals surface area contributed by atoms with Crippen LogP contribution in [0.5, 0.6) is 0 Å². The number of amides is 1. The first-order valence-corrected chi connectivity index (χ1v) is 8.51. The van der Waals surface area contributed by atoms with E-state index in [1.54, 1.807) is 25.3 Å². The molecule has 1 aromatic rings. The van der Waals surface area contributed by atoms with E-state index in [-0.39, 0.29) is 17.9 Å². The zero-order valence-electron chi connectivity index (χ0n) is 13.2. The average molecular weight is 303 g/mol. The number of furan rings is 1. The van der Waals surface area contributed by atoms with Crippen molar-refractivity contribution in [1.82, 2.24) is 5.32 Å². The molecule has 0 radical (unpaired) electrons. The van der Waals surface area contributed by atoms with Crippen molar-refractivity contribution in [3.05, 3.63) is 24.2 Å². The zero-order valence-corrected chi connectivity index (χ0v) is 13.2. The van der Waals surface area contributed by atoms with Crippen LogP contribution in [-0.4, -0.2) is 17.6 Å². The van der Waals surface area contributed by atoms with E-state index < -0.39 is 5.60 Å². The molecule has 1 heterocycles. The molecule has 2 N–H and O–H groups in total. The Morgan fingerprint density at radius 2 is 1.91 bits per heavy atom. The smallest absolute Gasteiger partial charge is 0.226 e. The Kier molecular flexibility index (Phi) is 3.16. The van der Waals surface area contributed by atoms with Crippen LogP contribution < -0.4 is 5.32 Å². The quantitative estimate of drug-likeness (QED) is 0.899. The van der Waals surface area contributed by atoms with Gasteiger partial charge in [-0.1, -0.05) is 0 Å². The minimum absolute atomic E-state index is 0.151. The SMILES string of the molecule is CC(O)(CNC(=O)C12CC3CC(CC(C3)C1)C2)c1ccco1. The van der Waals surface area contributed by atoms with E-state index in [2.05, 4.69) is 5.32 Å². The Balaban J connectivity index is 1.44.